The highest BCUT2D eigenvalue weighted by Crippen LogP contribution is 2.28. The second kappa shape index (κ2) is 6.99. The summed E-state index contributed by atoms with van der Waals surface area (Å²) < 4.78 is 6.97. The minimum atomic E-state index is -0.365. The van der Waals surface area contributed by atoms with E-state index in [1.165, 1.54) is 11.8 Å². The summed E-state index contributed by atoms with van der Waals surface area (Å²) in [5.74, 6) is 0.871. The number of thioether (sulfide) groups is 1. The maximum absolute atomic E-state index is 12.5. The van der Waals surface area contributed by atoms with Gasteiger partial charge in [-0.3, -0.25) is 4.79 Å². The fraction of sp³-hybridized carbons (Fsp3) is 0.278. The minimum Gasteiger partial charge on any atom is -0.360 e. The van der Waals surface area contributed by atoms with E-state index in [9.17, 15) is 4.79 Å². The van der Waals surface area contributed by atoms with Gasteiger partial charge in [-0.25, -0.2) is 4.98 Å². The number of aryl methyl sites for hydroxylation is 2. The molecule has 0 saturated carbocycles. The number of nitrogens with zero attached hydrogens (tertiary/aromatic N) is 5. The molecule has 0 aliphatic carbocycles. The van der Waals surface area contributed by atoms with Crippen LogP contribution in [0.3, 0.4) is 0 Å². The van der Waals surface area contributed by atoms with Crippen LogP contribution in [0.2, 0.25) is 0 Å². The van der Waals surface area contributed by atoms with Gasteiger partial charge in [0.2, 0.25) is 11.1 Å². The van der Waals surface area contributed by atoms with Crippen LogP contribution in [0.5, 0.6) is 0 Å². The fourth-order valence-electron chi connectivity index (χ4n) is 2.92. The summed E-state index contributed by atoms with van der Waals surface area (Å²) in [4.78, 5) is 17.2. The van der Waals surface area contributed by atoms with Crippen molar-refractivity contribution in [2.45, 2.75) is 30.7 Å². The predicted octanol–water partition coefficient (Wildman–Crippen LogP) is 3.32. The van der Waals surface area contributed by atoms with Gasteiger partial charge in [-0.15, -0.1) is 10.2 Å². The van der Waals surface area contributed by atoms with Gasteiger partial charge in [-0.05, 0) is 19.4 Å². The first-order chi connectivity index (χ1) is 13.1. The number of amides is 1. The Kier molecular flexibility index (Phi) is 4.53. The van der Waals surface area contributed by atoms with E-state index in [4.69, 9.17) is 4.52 Å². The second-order valence-corrected chi connectivity index (χ2v) is 7.34. The summed E-state index contributed by atoms with van der Waals surface area (Å²) >= 11 is 1.29. The van der Waals surface area contributed by atoms with E-state index in [-0.39, 0.29) is 11.2 Å². The normalized spacial score (nSPS) is 12.6. The van der Waals surface area contributed by atoms with Gasteiger partial charge in [0, 0.05) is 18.5 Å². The molecule has 1 N–H and O–H groups in total. The van der Waals surface area contributed by atoms with Gasteiger partial charge in [0.05, 0.1) is 10.8 Å². The van der Waals surface area contributed by atoms with Crippen LogP contribution in [0.15, 0.2) is 40.0 Å². The van der Waals surface area contributed by atoms with E-state index in [0.29, 0.717) is 23.2 Å². The van der Waals surface area contributed by atoms with E-state index >= 15 is 0 Å². The topological polar surface area (TPSA) is 98.7 Å². The molecule has 0 aliphatic heterocycles. The first-order valence-electron chi connectivity index (χ1n) is 8.55. The van der Waals surface area contributed by atoms with Crippen molar-refractivity contribution in [2.24, 2.45) is 7.05 Å². The van der Waals surface area contributed by atoms with Crippen LogP contribution < -0.4 is 5.32 Å². The van der Waals surface area contributed by atoms with Crippen LogP contribution in [0.4, 0.5) is 5.82 Å². The van der Waals surface area contributed by atoms with Crippen LogP contribution in [-0.2, 0) is 11.8 Å². The zero-order valence-electron chi connectivity index (χ0n) is 15.1. The van der Waals surface area contributed by atoms with Gasteiger partial charge in [-0.2, -0.15) is 0 Å². The molecule has 1 aromatic carbocycles. The summed E-state index contributed by atoms with van der Waals surface area (Å²) in [6.07, 6.45) is 0.615. The number of anilines is 1. The lowest BCUT2D eigenvalue weighted by molar-refractivity contribution is -0.115. The lowest BCUT2D eigenvalue weighted by Crippen LogP contribution is -2.25. The molecular weight excluding hydrogens is 364 g/mol. The number of benzene rings is 1. The fourth-order valence-corrected chi connectivity index (χ4v) is 3.74. The van der Waals surface area contributed by atoms with Crippen molar-refractivity contribution in [1.29, 1.82) is 0 Å². The Morgan fingerprint density at radius 2 is 2.15 bits per heavy atom. The zero-order chi connectivity index (χ0) is 19.0. The summed E-state index contributed by atoms with van der Waals surface area (Å²) in [5, 5.41) is 16.2. The Hall–Kier alpha value is -2.94. The summed E-state index contributed by atoms with van der Waals surface area (Å²) in [7, 11) is 1.95. The Labute approximate surface area is 159 Å². The smallest absolute Gasteiger partial charge is 0.239 e. The molecule has 0 bridgehead atoms. The maximum Gasteiger partial charge on any atom is 0.239 e. The number of carbonyl (C=O) groups is 1. The van der Waals surface area contributed by atoms with Gasteiger partial charge in [0.25, 0.3) is 0 Å². The largest absolute Gasteiger partial charge is 0.360 e. The van der Waals surface area contributed by atoms with E-state index in [0.717, 1.165) is 22.1 Å². The molecule has 0 unspecified atom stereocenters. The third kappa shape index (κ3) is 3.25. The molecule has 8 nitrogen and oxygen atoms in total. The lowest BCUT2D eigenvalue weighted by Gasteiger charge is -2.12. The van der Waals surface area contributed by atoms with Gasteiger partial charge in [0.15, 0.2) is 11.5 Å². The van der Waals surface area contributed by atoms with Crippen molar-refractivity contribution in [3.8, 4) is 0 Å². The van der Waals surface area contributed by atoms with Gasteiger partial charge >= 0.3 is 0 Å². The average molecular weight is 382 g/mol. The number of fused-ring (bicyclic) bond motifs is 3. The molecule has 9 heteroatoms. The first-order valence-corrected chi connectivity index (χ1v) is 9.43. The number of aromatic nitrogens is 5. The minimum absolute atomic E-state index is 0.170. The highest BCUT2D eigenvalue weighted by Gasteiger charge is 2.22. The van der Waals surface area contributed by atoms with Crippen molar-refractivity contribution in [1.82, 2.24) is 24.9 Å². The average Bonchev–Trinajstić information content (AvgIpc) is 3.21. The van der Waals surface area contributed by atoms with E-state index in [1.807, 2.05) is 42.8 Å². The van der Waals surface area contributed by atoms with Crippen molar-refractivity contribution >= 4 is 45.6 Å². The molecule has 0 fully saturated rings. The second-order valence-electron chi connectivity index (χ2n) is 6.17. The zero-order valence-corrected chi connectivity index (χ0v) is 15.9. The van der Waals surface area contributed by atoms with Crippen LogP contribution in [0.1, 0.15) is 19.1 Å². The molecule has 0 spiro atoms. The molecule has 3 aromatic heterocycles. The van der Waals surface area contributed by atoms with Gasteiger partial charge in [0.1, 0.15) is 11.3 Å². The highest BCUT2D eigenvalue weighted by molar-refractivity contribution is 8.00. The molecule has 3 heterocycles. The van der Waals surface area contributed by atoms with Crippen molar-refractivity contribution < 1.29 is 9.32 Å². The molecule has 0 aliphatic rings. The first kappa shape index (κ1) is 17.5. The third-order valence-electron chi connectivity index (χ3n) is 4.28. The number of hydrogen-bond donors (Lipinski definition) is 1. The van der Waals surface area contributed by atoms with Crippen LogP contribution >= 0.6 is 11.8 Å². The SMILES string of the molecule is CC[C@H](Sc1nnc2c3ccccc3n(C)c2n1)C(=O)Nc1cc(C)on1. The molecule has 0 radical (unpaired) electrons. The summed E-state index contributed by atoms with van der Waals surface area (Å²) in [6, 6.07) is 9.65. The molecular formula is C18H18N6O2S. The molecule has 0 saturated heterocycles. The van der Waals surface area contributed by atoms with Gasteiger partial charge in [-0.1, -0.05) is 42.0 Å². The number of para-hydroxylation sites is 1. The summed E-state index contributed by atoms with van der Waals surface area (Å²) in [5.41, 5.74) is 2.55. The Morgan fingerprint density at radius 1 is 1.33 bits per heavy atom. The number of hydrogen-bond acceptors (Lipinski definition) is 7. The Morgan fingerprint density at radius 3 is 2.89 bits per heavy atom. The standard InChI is InChI=1S/C18H18N6O2S/c1-4-13(17(25)19-14-9-10(2)26-23-14)27-18-20-16-15(21-22-18)11-7-5-6-8-12(11)24(16)3/h5-9,13H,4H2,1-3H3,(H,19,23,25)/t13-/m0/s1. The highest BCUT2D eigenvalue weighted by atomic mass is 32.2. The van der Waals surface area contributed by atoms with Crippen LogP contribution in [-0.4, -0.2) is 36.1 Å². The molecule has 138 valence electrons. The molecule has 4 aromatic rings. The van der Waals surface area contributed by atoms with E-state index in [2.05, 4.69) is 25.7 Å². The third-order valence-corrected chi connectivity index (χ3v) is 5.49. The van der Waals surface area contributed by atoms with Crippen molar-refractivity contribution in [2.75, 3.05) is 5.32 Å². The van der Waals surface area contributed by atoms with Crippen molar-refractivity contribution in [3.05, 3.63) is 36.1 Å². The van der Waals surface area contributed by atoms with Crippen LogP contribution in [0, 0.1) is 6.92 Å². The Balaban J connectivity index is 1.60. The molecule has 1 amide bonds. The Bertz CT molecular complexity index is 1140. The van der Waals surface area contributed by atoms with E-state index in [1.54, 1.807) is 13.0 Å². The predicted molar refractivity (Wildman–Crippen MR) is 104 cm³/mol. The van der Waals surface area contributed by atoms with E-state index < -0.39 is 0 Å². The monoisotopic (exact) mass is 382 g/mol. The molecule has 27 heavy (non-hydrogen) atoms. The quantitative estimate of drug-likeness (QED) is 0.529. The summed E-state index contributed by atoms with van der Waals surface area (Å²) in [6.45, 7) is 3.71. The lowest BCUT2D eigenvalue weighted by atomic mass is 10.2. The maximum atomic E-state index is 12.5. The van der Waals surface area contributed by atoms with Gasteiger partial charge < -0.3 is 14.4 Å². The number of nitrogens with one attached hydrogen (secondary N) is 1. The van der Waals surface area contributed by atoms with Crippen LogP contribution in [0.25, 0.3) is 22.1 Å². The number of rotatable bonds is 5. The molecule has 4 rings (SSSR count). The number of carbonyl (C=O) groups excluding carboxylic acids is 1. The van der Waals surface area contributed by atoms with Crippen molar-refractivity contribution in [3.63, 3.8) is 0 Å². The molecule has 1 atom stereocenters.